The molecule has 0 radical (unpaired) electrons. The third-order valence-electron chi connectivity index (χ3n) is 4.31. The van der Waals surface area contributed by atoms with Crippen molar-refractivity contribution in [2.45, 2.75) is 47.5 Å². The van der Waals surface area contributed by atoms with Gasteiger partial charge in [0.2, 0.25) is 5.91 Å². The Kier molecular flexibility index (Phi) is 7.95. The first-order valence-corrected chi connectivity index (χ1v) is 7.86. The van der Waals surface area contributed by atoms with Crippen LogP contribution in [0.15, 0.2) is 24.3 Å². The van der Waals surface area contributed by atoms with Gasteiger partial charge in [0.15, 0.2) is 5.78 Å². The summed E-state index contributed by atoms with van der Waals surface area (Å²) in [5.74, 6) is 0.0266. The molecule has 1 aromatic rings. The minimum atomic E-state index is -0.528. The molecule has 0 bridgehead atoms. The van der Waals surface area contributed by atoms with E-state index in [1.54, 1.807) is 24.3 Å². The van der Waals surface area contributed by atoms with Gasteiger partial charge in [-0.25, -0.2) is 0 Å². The number of Topliss-reactive ketones (excluding diaryl/α,β-unsaturated/α-hetero) is 1. The molecule has 0 spiro atoms. The quantitative estimate of drug-likeness (QED) is 0.767. The van der Waals surface area contributed by atoms with Crippen molar-refractivity contribution in [2.75, 3.05) is 11.9 Å². The first kappa shape index (κ1) is 21.6. The molecule has 1 rings (SSSR count). The molecule has 0 fully saturated rings. The molecule has 0 saturated carbocycles. The Morgan fingerprint density at radius 3 is 1.87 bits per heavy atom. The van der Waals surface area contributed by atoms with Gasteiger partial charge >= 0.3 is 0 Å². The van der Waals surface area contributed by atoms with Gasteiger partial charge in [-0.15, -0.1) is 12.4 Å². The number of carbonyl (C=O) groups excluding carboxylic acids is 2. The van der Waals surface area contributed by atoms with Crippen LogP contribution in [0.5, 0.6) is 0 Å². The lowest BCUT2D eigenvalue weighted by molar-refractivity contribution is -0.125. The maximum absolute atomic E-state index is 12.4. The van der Waals surface area contributed by atoms with Crippen molar-refractivity contribution < 1.29 is 9.59 Å². The fourth-order valence-electron chi connectivity index (χ4n) is 2.35. The van der Waals surface area contributed by atoms with Crippen LogP contribution in [-0.2, 0) is 4.79 Å². The minimum absolute atomic E-state index is 0. The summed E-state index contributed by atoms with van der Waals surface area (Å²) in [7, 11) is 0. The molecule has 4 nitrogen and oxygen atoms in total. The third kappa shape index (κ3) is 5.05. The molecule has 0 saturated heterocycles. The first-order valence-electron chi connectivity index (χ1n) is 7.86. The molecule has 0 heterocycles. The van der Waals surface area contributed by atoms with E-state index < -0.39 is 10.8 Å². The molecule has 0 aliphatic rings. The van der Waals surface area contributed by atoms with Crippen molar-refractivity contribution in [1.82, 2.24) is 0 Å². The van der Waals surface area contributed by atoms with Gasteiger partial charge in [0.05, 0.1) is 5.41 Å². The Hall–Kier alpha value is -1.39. The van der Waals surface area contributed by atoms with Crippen LogP contribution in [-0.4, -0.2) is 18.2 Å². The minimum Gasteiger partial charge on any atom is -0.329 e. The summed E-state index contributed by atoms with van der Waals surface area (Å²) in [6, 6.07) is 7.05. The SMILES string of the molecule is CCC(CC)(CN)C(=O)Nc1ccc(C(=O)C(C)(C)C)cc1.Cl. The number of halogens is 1. The van der Waals surface area contributed by atoms with E-state index in [0.29, 0.717) is 30.6 Å². The van der Waals surface area contributed by atoms with Gasteiger partial charge in [-0.3, -0.25) is 9.59 Å². The summed E-state index contributed by atoms with van der Waals surface area (Å²) in [6.45, 7) is 9.95. The van der Waals surface area contributed by atoms with Crippen molar-refractivity contribution in [3.05, 3.63) is 29.8 Å². The van der Waals surface area contributed by atoms with Crippen LogP contribution in [0.25, 0.3) is 0 Å². The van der Waals surface area contributed by atoms with E-state index in [-0.39, 0.29) is 24.1 Å². The van der Waals surface area contributed by atoms with Crippen LogP contribution in [0.3, 0.4) is 0 Å². The molecule has 5 heteroatoms. The highest BCUT2D eigenvalue weighted by Crippen LogP contribution is 2.27. The molecular weight excluding hydrogens is 312 g/mol. The zero-order valence-electron chi connectivity index (χ0n) is 14.7. The predicted octanol–water partition coefficient (Wildman–Crippen LogP) is 4.04. The van der Waals surface area contributed by atoms with Crippen LogP contribution >= 0.6 is 12.4 Å². The van der Waals surface area contributed by atoms with E-state index in [1.165, 1.54) is 0 Å². The van der Waals surface area contributed by atoms with E-state index in [0.717, 1.165) is 0 Å². The number of carbonyl (C=O) groups is 2. The lowest BCUT2D eigenvalue weighted by Gasteiger charge is -2.28. The molecule has 3 N–H and O–H groups in total. The van der Waals surface area contributed by atoms with Crippen molar-refractivity contribution in [1.29, 1.82) is 0 Å². The highest BCUT2D eigenvalue weighted by Gasteiger charge is 2.33. The van der Waals surface area contributed by atoms with Crippen molar-refractivity contribution in [2.24, 2.45) is 16.6 Å². The summed E-state index contributed by atoms with van der Waals surface area (Å²) in [5.41, 5.74) is 6.19. The number of nitrogens with two attached hydrogens (primary N) is 1. The average molecular weight is 341 g/mol. The van der Waals surface area contributed by atoms with Crippen LogP contribution in [0, 0.1) is 10.8 Å². The maximum Gasteiger partial charge on any atom is 0.231 e. The molecule has 0 aliphatic heterocycles. The molecule has 0 aliphatic carbocycles. The molecule has 0 aromatic heterocycles. The Bertz CT molecular complexity index is 521. The molecule has 0 unspecified atom stereocenters. The Morgan fingerprint density at radius 2 is 1.52 bits per heavy atom. The number of nitrogens with one attached hydrogen (secondary N) is 1. The Balaban J connectivity index is 0.00000484. The van der Waals surface area contributed by atoms with Crippen LogP contribution in [0.4, 0.5) is 5.69 Å². The second-order valence-electron chi connectivity index (χ2n) is 6.80. The molecule has 0 atom stereocenters. The second kappa shape index (κ2) is 8.46. The summed E-state index contributed by atoms with van der Waals surface area (Å²) >= 11 is 0. The normalized spacial score (nSPS) is 11.6. The van der Waals surface area contributed by atoms with E-state index in [9.17, 15) is 9.59 Å². The average Bonchev–Trinajstić information content (AvgIpc) is 2.49. The van der Waals surface area contributed by atoms with Crippen molar-refractivity contribution in [3.63, 3.8) is 0 Å². The summed E-state index contributed by atoms with van der Waals surface area (Å²) in [4.78, 5) is 24.6. The molecule has 130 valence electrons. The zero-order valence-corrected chi connectivity index (χ0v) is 15.5. The number of amides is 1. The van der Waals surface area contributed by atoms with E-state index in [1.807, 2.05) is 34.6 Å². The highest BCUT2D eigenvalue weighted by molar-refractivity contribution is 6.00. The topological polar surface area (TPSA) is 72.2 Å². The standard InChI is InChI=1S/C18H28N2O2.ClH/c1-6-18(7-2,12-19)16(22)20-14-10-8-13(9-11-14)15(21)17(3,4)5;/h8-11H,6-7,12,19H2,1-5H3,(H,20,22);1H. The molecular formula is C18H29ClN2O2. The van der Waals surface area contributed by atoms with Crippen LogP contribution in [0.2, 0.25) is 0 Å². The summed E-state index contributed by atoms with van der Waals surface area (Å²) in [6.07, 6.45) is 1.40. The lowest BCUT2D eigenvalue weighted by atomic mass is 9.81. The fraction of sp³-hybridized carbons (Fsp3) is 0.556. The third-order valence-corrected chi connectivity index (χ3v) is 4.31. The lowest BCUT2D eigenvalue weighted by Crippen LogP contribution is -2.41. The largest absolute Gasteiger partial charge is 0.329 e. The predicted molar refractivity (Wildman–Crippen MR) is 98.2 cm³/mol. The second-order valence-corrected chi connectivity index (χ2v) is 6.80. The first-order chi connectivity index (χ1) is 10.2. The van der Waals surface area contributed by atoms with Crippen LogP contribution in [0.1, 0.15) is 57.8 Å². The number of hydrogen-bond acceptors (Lipinski definition) is 3. The molecule has 1 aromatic carbocycles. The maximum atomic E-state index is 12.4. The van der Waals surface area contributed by atoms with Gasteiger partial charge in [-0.2, -0.15) is 0 Å². The molecule has 1 amide bonds. The fourth-order valence-corrected chi connectivity index (χ4v) is 2.35. The number of ketones is 1. The highest BCUT2D eigenvalue weighted by atomic mass is 35.5. The van der Waals surface area contributed by atoms with E-state index in [4.69, 9.17) is 5.73 Å². The Morgan fingerprint density at radius 1 is 1.04 bits per heavy atom. The van der Waals surface area contributed by atoms with Gasteiger partial charge in [-0.05, 0) is 37.1 Å². The summed E-state index contributed by atoms with van der Waals surface area (Å²) in [5, 5.41) is 2.91. The van der Waals surface area contributed by atoms with Gasteiger partial charge < -0.3 is 11.1 Å². The summed E-state index contributed by atoms with van der Waals surface area (Å²) < 4.78 is 0. The molecule has 23 heavy (non-hydrogen) atoms. The monoisotopic (exact) mass is 340 g/mol. The van der Waals surface area contributed by atoms with Crippen LogP contribution < -0.4 is 11.1 Å². The smallest absolute Gasteiger partial charge is 0.231 e. The van der Waals surface area contributed by atoms with E-state index in [2.05, 4.69) is 5.32 Å². The van der Waals surface area contributed by atoms with Crippen molar-refractivity contribution >= 4 is 29.8 Å². The number of benzene rings is 1. The van der Waals surface area contributed by atoms with E-state index >= 15 is 0 Å². The van der Waals surface area contributed by atoms with Gasteiger partial charge in [-0.1, -0.05) is 34.6 Å². The zero-order chi connectivity index (χ0) is 17.0. The van der Waals surface area contributed by atoms with Crippen molar-refractivity contribution in [3.8, 4) is 0 Å². The van der Waals surface area contributed by atoms with Gasteiger partial charge in [0.25, 0.3) is 0 Å². The number of rotatable bonds is 6. The van der Waals surface area contributed by atoms with Gasteiger partial charge in [0, 0.05) is 23.2 Å². The Labute approximate surface area is 145 Å². The number of anilines is 1. The number of hydrogen-bond donors (Lipinski definition) is 2. The van der Waals surface area contributed by atoms with Gasteiger partial charge in [0.1, 0.15) is 0 Å².